The summed E-state index contributed by atoms with van der Waals surface area (Å²) < 4.78 is 18.2. The Kier molecular flexibility index (Phi) is 8.56. The first-order valence-corrected chi connectivity index (χ1v) is 14.4. The lowest BCUT2D eigenvalue weighted by Crippen LogP contribution is -2.70. The SMILES string of the molecule is CC(C)(C)OC(=O)NC(CC(N)=O)(O[Si](C)(C)C(C)(C)C)C1(COCc2ccccc2)N=NN=N1. The van der Waals surface area contributed by atoms with Gasteiger partial charge >= 0.3 is 6.09 Å². The number of nitrogens with one attached hydrogen (secondary N) is 1. The summed E-state index contributed by atoms with van der Waals surface area (Å²) in [5.74, 6) is -0.737. The maximum absolute atomic E-state index is 13.1. The zero-order valence-corrected chi connectivity index (χ0v) is 22.9. The predicted molar refractivity (Wildman–Crippen MR) is 133 cm³/mol. The molecule has 194 valence electrons. The summed E-state index contributed by atoms with van der Waals surface area (Å²) in [6.07, 6.45) is -1.27. The molecule has 1 aromatic carbocycles. The van der Waals surface area contributed by atoms with E-state index in [9.17, 15) is 9.59 Å². The fourth-order valence-corrected chi connectivity index (χ4v) is 4.62. The zero-order valence-electron chi connectivity index (χ0n) is 21.9. The first-order chi connectivity index (χ1) is 16.0. The molecule has 0 aromatic heterocycles. The quantitative estimate of drug-likeness (QED) is 0.343. The molecule has 0 saturated carbocycles. The van der Waals surface area contributed by atoms with Crippen molar-refractivity contribution in [3.05, 3.63) is 35.9 Å². The van der Waals surface area contributed by atoms with Gasteiger partial charge in [0.05, 0.1) is 13.0 Å². The van der Waals surface area contributed by atoms with Gasteiger partial charge in [-0.1, -0.05) is 51.1 Å². The van der Waals surface area contributed by atoms with Gasteiger partial charge in [-0.15, -0.1) is 10.2 Å². The number of primary amides is 1. The van der Waals surface area contributed by atoms with Crippen LogP contribution < -0.4 is 11.1 Å². The van der Waals surface area contributed by atoms with Gasteiger partial charge in [-0.2, -0.15) is 0 Å². The molecule has 11 nitrogen and oxygen atoms in total. The predicted octanol–water partition coefficient (Wildman–Crippen LogP) is 4.85. The summed E-state index contributed by atoms with van der Waals surface area (Å²) in [6, 6.07) is 9.51. The molecule has 1 aliphatic heterocycles. The van der Waals surface area contributed by atoms with Crippen LogP contribution in [0.25, 0.3) is 0 Å². The second-order valence-electron chi connectivity index (χ2n) is 11.1. The minimum absolute atomic E-state index is 0.188. The second kappa shape index (κ2) is 10.5. The Bertz CT molecular complexity index is 943. The van der Waals surface area contributed by atoms with Crippen LogP contribution in [0.15, 0.2) is 51.0 Å². The number of nitrogens with zero attached hydrogens (tertiary/aromatic N) is 4. The Balaban J connectivity index is 2.55. The first-order valence-electron chi connectivity index (χ1n) is 11.5. The lowest BCUT2D eigenvalue weighted by atomic mass is 9.94. The minimum atomic E-state index is -2.69. The molecule has 12 heteroatoms. The van der Waals surface area contributed by atoms with Crippen LogP contribution >= 0.6 is 0 Å². The van der Waals surface area contributed by atoms with Gasteiger partial charge < -0.3 is 19.6 Å². The third kappa shape index (κ3) is 7.39. The van der Waals surface area contributed by atoms with Gasteiger partial charge in [0.25, 0.3) is 5.66 Å². The number of carbonyl (C=O) groups is 2. The van der Waals surface area contributed by atoms with Crippen LogP contribution in [0.2, 0.25) is 18.1 Å². The van der Waals surface area contributed by atoms with E-state index >= 15 is 0 Å². The van der Waals surface area contributed by atoms with Gasteiger partial charge in [0.1, 0.15) is 12.2 Å². The number of hydrogen-bond donors (Lipinski definition) is 2. The molecule has 0 radical (unpaired) electrons. The van der Waals surface area contributed by atoms with E-state index in [1.54, 1.807) is 20.8 Å². The van der Waals surface area contributed by atoms with Gasteiger partial charge in [0, 0.05) is 0 Å². The van der Waals surface area contributed by atoms with Crippen molar-refractivity contribution in [1.29, 1.82) is 0 Å². The fourth-order valence-electron chi connectivity index (χ4n) is 3.16. The molecule has 35 heavy (non-hydrogen) atoms. The Hall–Kier alpha value is -2.70. The lowest BCUT2D eigenvalue weighted by molar-refractivity contribution is -0.131. The molecule has 1 aromatic rings. The Morgan fingerprint density at radius 2 is 1.60 bits per heavy atom. The molecule has 0 saturated heterocycles. The van der Waals surface area contributed by atoms with Crippen LogP contribution in [0.3, 0.4) is 0 Å². The van der Waals surface area contributed by atoms with Crippen molar-refractivity contribution in [2.24, 2.45) is 26.4 Å². The van der Waals surface area contributed by atoms with Gasteiger partial charge in [0.15, 0.2) is 14.0 Å². The largest absolute Gasteiger partial charge is 0.444 e. The first kappa shape index (κ1) is 28.5. The second-order valence-corrected chi connectivity index (χ2v) is 15.9. The van der Waals surface area contributed by atoms with Crippen molar-refractivity contribution in [2.45, 2.75) is 89.7 Å². The highest BCUT2D eigenvalue weighted by Gasteiger charge is 2.62. The van der Waals surface area contributed by atoms with E-state index < -0.39 is 43.7 Å². The van der Waals surface area contributed by atoms with E-state index in [4.69, 9.17) is 19.6 Å². The van der Waals surface area contributed by atoms with E-state index in [-0.39, 0.29) is 18.3 Å². The molecule has 2 rings (SSSR count). The minimum Gasteiger partial charge on any atom is -0.444 e. The smallest absolute Gasteiger partial charge is 0.410 e. The summed E-state index contributed by atoms with van der Waals surface area (Å²) in [5.41, 5.74) is 2.22. The van der Waals surface area contributed by atoms with Crippen molar-refractivity contribution in [3.63, 3.8) is 0 Å². The molecular formula is C23H38N6O5Si. The maximum atomic E-state index is 13.1. The van der Waals surface area contributed by atoms with Crippen LogP contribution in [0, 0.1) is 0 Å². The van der Waals surface area contributed by atoms with E-state index in [1.165, 1.54) is 0 Å². The van der Waals surface area contributed by atoms with Crippen LogP contribution in [-0.4, -0.2) is 43.9 Å². The summed E-state index contributed by atoms with van der Waals surface area (Å²) in [4.78, 5) is 25.4. The monoisotopic (exact) mass is 506 g/mol. The van der Waals surface area contributed by atoms with Crippen LogP contribution in [0.1, 0.15) is 53.5 Å². The molecule has 0 spiro atoms. The molecule has 1 aliphatic rings. The van der Waals surface area contributed by atoms with E-state index in [2.05, 4.69) is 26.0 Å². The Morgan fingerprint density at radius 3 is 2.09 bits per heavy atom. The number of carbonyl (C=O) groups excluding carboxylic acids is 2. The maximum Gasteiger partial charge on any atom is 0.410 e. The lowest BCUT2D eigenvalue weighted by Gasteiger charge is -2.49. The third-order valence-corrected chi connectivity index (χ3v) is 10.4. The van der Waals surface area contributed by atoms with Gasteiger partial charge in [-0.05, 0) is 54.9 Å². The number of benzene rings is 1. The van der Waals surface area contributed by atoms with Crippen LogP contribution in [0.5, 0.6) is 0 Å². The van der Waals surface area contributed by atoms with Crippen molar-refractivity contribution < 1.29 is 23.5 Å². The number of nitrogens with two attached hydrogens (primary N) is 1. The number of alkyl carbamates (subject to hydrolysis) is 1. The average molecular weight is 507 g/mol. The molecule has 0 bridgehead atoms. The third-order valence-electron chi connectivity index (χ3n) is 5.88. The van der Waals surface area contributed by atoms with Gasteiger partial charge in [-0.25, -0.2) is 4.79 Å². The fraction of sp³-hybridized carbons (Fsp3) is 0.652. The highest BCUT2D eigenvalue weighted by atomic mass is 28.4. The highest BCUT2D eigenvalue weighted by molar-refractivity contribution is 6.74. The molecule has 1 atom stereocenters. The topological polar surface area (TPSA) is 149 Å². The van der Waals surface area contributed by atoms with Crippen molar-refractivity contribution >= 4 is 20.3 Å². The molecule has 2 amide bonds. The molecule has 3 N–H and O–H groups in total. The van der Waals surface area contributed by atoms with E-state index in [0.29, 0.717) is 0 Å². The number of ether oxygens (including phenoxy) is 2. The standard InChI is InChI=1S/C23H38N6O5Si/c1-20(2,3)33-19(31)25-23(14-18(24)30,34-35(7,8)21(4,5)6)22(26-28-29-27-22)16-32-15-17-12-10-9-11-13-17/h9-13H,14-16H2,1-8H3,(H2,24,30)(H,25,31). The molecule has 0 aliphatic carbocycles. The van der Waals surface area contributed by atoms with Crippen LogP contribution in [-0.2, 0) is 25.3 Å². The normalized spacial score (nSPS) is 17.1. The molecule has 1 unspecified atom stereocenters. The summed E-state index contributed by atoms with van der Waals surface area (Å²) in [6.45, 7) is 15.2. The molecular weight excluding hydrogens is 468 g/mol. The van der Waals surface area contributed by atoms with Gasteiger partial charge in [-0.3, -0.25) is 10.1 Å². The Morgan fingerprint density at radius 1 is 1.03 bits per heavy atom. The van der Waals surface area contributed by atoms with Crippen molar-refractivity contribution in [3.8, 4) is 0 Å². The van der Waals surface area contributed by atoms with Crippen LogP contribution in [0.4, 0.5) is 4.79 Å². The summed E-state index contributed by atoms with van der Waals surface area (Å²) in [7, 11) is -2.69. The summed E-state index contributed by atoms with van der Waals surface area (Å²) in [5, 5.41) is 18.3. The highest BCUT2D eigenvalue weighted by Crippen LogP contribution is 2.45. The molecule has 0 fully saturated rings. The number of rotatable bonds is 10. The van der Waals surface area contributed by atoms with Crippen molar-refractivity contribution in [2.75, 3.05) is 6.61 Å². The number of amides is 2. The number of hydrogen-bond acceptors (Lipinski definition) is 9. The van der Waals surface area contributed by atoms with Gasteiger partial charge in [0.2, 0.25) is 5.91 Å². The van der Waals surface area contributed by atoms with Crippen molar-refractivity contribution in [1.82, 2.24) is 5.32 Å². The molecule has 1 heterocycles. The zero-order chi connectivity index (χ0) is 26.5. The van der Waals surface area contributed by atoms with E-state index in [0.717, 1.165) is 5.56 Å². The van der Waals surface area contributed by atoms with E-state index in [1.807, 2.05) is 64.2 Å². The Labute approximate surface area is 208 Å². The summed E-state index contributed by atoms with van der Waals surface area (Å²) >= 11 is 0. The average Bonchev–Trinajstić information content (AvgIpc) is 3.16.